The summed E-state index contributed by atoms with van der Waals surface area (Å²) in [5.74, 6) is 0.569. The fourth-order valence-corrected chi connectivity index (χ4v) is 3.57. The van der Waals surface area contributed by atoms with Crippen LogP contribution in [0.5, 0.6) is 0 Å². The summed E-state index contributed by atoms with van der Waals surface area (Å²) in [5.41, 5.74) is 2.76. The highest BCUT2D eigenvalue weighted by molar-refractivity contribution is 7.91. The van der Waals surface area contributed by atoms with Gasteiger partial charge in [0.2, 0.25) is 0 Å². The maximum atomic E-state index is 11.6. The van der Waals surface area contributed by atoms with Crippen molar-refractivity contribution in [3.8, 4) is 0 Å². The molecule has 1 aliphatic rings. The Morgan fingerprint density at radius 1 is 1.32 bits per heavy atom. The second-order valence-electron chi connectivity index (χ2n) is 5.59. The van der Waals surface area contributed by atoms with Gasteiger partial charge in [0.15, 0.2) is 0 Å². The van der Waals surface area contributed by atoms with Gasteiger partial charge in [-0.05, 0) is 25.3 Å². The third kappa shape index (κ3) is 3.37. The molecule has 1 heterocycles. The highest BCUT2D eigenvalue weighted by Gasteiger charge is 2.38. The van der Waals surface area contributed by atoms with Crippen molar-refractivity contribution in [2.24, 2.45) is 0 Å². The van der Waals surface area contributed by atoms with Gasteiger partial charge in [-0.1, -0.05) is 36.8 Å². The van der Waals surface area contributed by atoms with E-state index in [4.69, 9.17) is 0 Å². The monoisotopic (exact) mass is 281 g/mol. The van der Waals surface area contributed by atoms with E-state index in [1.807, 2.05) is 0 Å². The minimum atomic E-state index is -2.84. The van der Waals surface area contributed by atoms with E-state index in [2.05, 4.69) is 36.5 Å². The molecule has 3 nitrogen and oxygen atoms in total. The normalized spacial score (nSPS) is 18.0. The van der Waals surface area contributed by atoms with Crippen molar-refractivity contribution in [2.45, 2.75) is 32.1 Å². The summed E-state index contributed by atoms with van der Waals surface area (Å²) in [7, 11) is -2.84. The largest absolute Gasteiger partial charge is 0.315 e. The molecule has 1 saturated heterocycles. The van der Waals surface area contributed by atoms with Crippen LogP contribution in [0, 0.1) is 6.92 Å². The van der Waals surface area contributed by atoms with Crippen molar-refractivity contribution in [3.63, 3.8) is 0 Å². The second kappa shape index (κ2) is 5.63. The summed E-state index contributed by atoms with van der Waals surface area (Å²) in [6, 6.07) is 8.59. The highest BCUT2D eigenvalue weighted by Crippen LogP contribution is 2.34. The summed E-state index contributed by atoms with van der Waals surface area (Å²) in [6.45, 7) is 5.74. The number of rotatable bonds is 6. The lowest BCUT2D eigenvalue weighted by molar-refractivity contribution is 0.256. The van der Waals surface area contributed by atoms with Crippen molar-refractivity contribution >= 4 is 9.84 Å². The van der Waals surface area contributed by atoms with Crippen molar-refractivity contribution in [3.05, 3.63) is 35.4 Å². The smallest absolute Gasteiger partial charge is 0.150 e. The molecule has 19 heavy (non-hydrogen) atoms. The first-order valence-corrected chi connectivity index (χ1v) is 8.78. The Bertz CT molecular complexity index is 533. The fourth-order valence-electron chi connectivity index (χ4n) is 2.70. The van der Waals surface area contributed by atoms with Crippen LogP contribution >= 0.6 is 0 Å². The summed E-state index contributed by atoms with van der Waals surface area (Å²) in [5, 5.41) is 3.33. The highest BCUT2D eigenvalue weighted by atomic mass is 32.2. The van der Waals surface area contributed by atoms with Crippen LogP contribution in [-0.4, -0.2) is 33.0 Å². The number of aryl methyl sites for hydroxylation is 1. The number of hydrogen-bond donors (Lipinski definition) is 1. The topological polar surface area (TPSA) is 46.2 Å². The van der Waals surface area contributed by atoms with Crippen LogP contribution in [-0.2, 0) is 15.3 Å². The zero-order valence-corrected chi connectivity index (χ0v) is 12.6. The molecule has 0 amide bonds. The van der Waals surface area contributed by atoms with Gasteiger partial charge >= 0.3 is 0 Å². The average molecular weight is 281 g/mol. The predicted molar refractivity (Wildman–Crippen MR) is 79.3 cm³/mol. The molecule has 1 fully saturated rings. The van der Waals surface area contributed by atoms with Gasteiger partial charge in [-0.2, -0.15) is 0 Å². The first-order chi connectivity index (χ1) is 8.97. The van der Waals surface area contributed by atoms with Gasteiger partial charge < -0.3 is 5.32 Å². The first-order valence-electron chi connectivity index (χ1n) is 6.96. The van der Waals surface area contributed by atoms with Gasteiger partial charge in [-0.15, -0.1) is 0 Å². The zero-order valence-electron chi connectivity index (χ0n) is 11.8. The van der Waals surface area contributed by atoms with Crippen LogP contribution in [0.25, 0.3) is 0 Å². The Balaban J connectivity index is 2.04. The molecular formula is C15H23NO2S. The third-order valence-electron chi connectivity index (χ3n) is 4.11. The summed E-state index contributed by atoms with van der Waals surface area (Å²) in [6.07, 6.45) is 1.70. The van der Waals surface area contributed by atoms with Gasteiger partial charge in [-0.25, -0.2) is 8.42 Å². The Morgan fingerprint density at radius 3 is 2.58 bits per heavy atom. The van der Waals surface area contributed by atoms with Crippen molar-refractivity contribution in [1.82, 2.24) is 5.32 Å². The minimum Gasteiger partial charge on any atom is -0.315 e. The van der Waals surface area contributed by atoms with Crippen LogP contribution in [0.15, 0.2) is 24.3 Å². The molecule has 0 saturated carbocycles. The van der Waals surface area contributed by atoms with Gasteiger partial charge in [0.25, 0.3) is 0 Å². The molecule has 2 rings (SSSR count). The van der Waals surface area contributed by atoms with Gasteiger partial charge in [0.05, 0.1) is 5.75 Å². The Morgan fingerprint density at radius 2 is 2.05 bits per heavy atom. The first kappa shape index (κ1) is 14.5. The lowest BCUT2D eigenvalue weighted by atomic mass is 9.72. The predicted octanol–water partition coefficient (Wildman–Crippen LogP) is 2.05. The molecule has 1 aliphatic heterocycles. The van der Waals surface area contributed by atoms with Crippen molar-refractivity contribution < 1.29 is 8.42 Å². The van der Waals surface area contributed by atoms with E-state index in [9.17, 15) is 8.42 Å². The van der Waals surface area contributed by atoms with Gasteiger partial charge in [0, 0.05) is 24.3 Å². The molecule has 0 radical (unpaired) electrons. The number of sulfone groups is 1. The Labute approximate surface area is 116 Å². The molecule has 1 aromatic rings. The molecule has 106 valence electrons. The van der Waals surface area contributed by atoms with Gasteiger partial charge in [0.1, 0.15) is 9.84 Å². The molecule has 1 N–H and O–H groups in total. The number of hydrogen-bond acceptors (Lipinski definition) is 3. The maximum Gasteiger partial charge on any atom is 0.150 e. The van der Waals surface area contributed by atoms with E-state index >= 15 is 0 Å². The lowest BCUT2D eigenvalue weighted by Crippen LogP contribution is -2.56. The lowest BCUT2D eigenvalue weighted by Gasteiger charge is -2.43. The molecule has 0 bridgehead atoms. The summed E-state index contributed by atoms with van der Waals surface area (Å²) < 4.78 is 23.1. The van der Waals surface area contributed by atoms with E-state index in [1.54, 1.807) is 6.92 Å². The second-order valence-corrected chi connectivity index (χ2v) is 8.07. The quantitative estimate of drug-likeness (QED) is 0.868. The molecular weight excluding hydrogens is 258 g/mol. The Kier molecular flexibility index (Phi) is 4.31. The van der Waals surface area contributed by atoms with Crippen molar-refractivity contribution in [2.75, 3.05) is 24.6 Å². The summed E-state index contributed by atoms with van der Waals surface area (Å²) >= 11 is 0. The summed E-state index contributed by atoms with van der Waals surface area (Å²) in [4.78, 5) is 0. The number of benzene rings is 1. The Hall–Kier alpha value is -0.870. The van der Waals surface area contributed by atoms with E-state index in [1.165, 1.54) is 11.1 Å². The molecule has 0 aromatic heterocycles. The van der Waals surface area contributed by atoms with E-state index in [-0.39, 0.29) is 11.2 Å². The van der Waals surface area contributed by atoms with E-state index < -0.39 is 9.84 Å². The van der Waals surface area contributed by atoms with E-state index in [0.29, 0.717) is 5.75 Å². The molecule has 0 aliphatic carbocycles. The van der Waals surface area contributed by atoms with E-state index in [0.717, 1.165) is 25.9 Å². The van der Waals surface area contributed by atoms with Crippen LogP contribution in [0.2, 0.25) is 0 Å². The fraction of sp³-hybridized carbons (Fsp3) is 0.600. The molecule has 0 unspecified atom stereocenters. The average Bonchev–Trinajstić information content (AvgIpc) is 2.32. The maximum absolute atomic E-state index is 11.6. The molecule has 0 spiro atoms. The molecule has 4 heteroatoms. The molecule has 0 atom stereocenters. The van der Waals surface area contributed by atoms with Crippen LogP contribution in [0.4, 0.5) is 0 Å². The SMILES string of the molecule is CCS(=O)(=O)CCCC1(c2cccc(C)c2)CNC1. The third-order valence-corrected chi connectivity index (χ3v) is 5.90. The minimum absolute atomic E-state index is 0.148. The molecule has 1 aromatic carbocycles. The van der Waals surface area contributed by atoms with Crippen LogP contribution in [0.3, 0.4) is 0 Å². The van der Waals surface area contributed by atoms with Crippen molar-refractivity contribution in [1.29, 1.82) is 0 Å². The number of nitrogens with one attached hydrogen (secondary N) is 1. The van der Waals surface area contributed by atoms with Crippen LogP contribution in [0.1, 0.15) is 30.9 Å². The van der Waals surface area contributed by atoms with Crippen LogP contribution < -0.4 is 5.32 Å². The zero-order chi connectivity index (χ0) is 13.9. The van der Waals surface area contributed by atoms with Gasteiger partial charge in [-0.3, -0.25) is 0 Å². The standard InChI is InChI=1S/C15H23NO2S/c1-3-19(17,18)9-5-8-15(11-16-12-15)14-7-4-6-13(2)10-14/h4,6-7,10,16H,3,5,8-9,11-12H2,1-2H3.